The highest BCUT2D eigenvalue weighted by atomic mass is 16.5. The van der Waals surface area contributed by atoms with Gasteiger partial charge in [0.05, 0.1) is 29.2 Å². The van der Waals surface area contributed by atoms with Crippen LogP contribution < -0.4 is 0 Å². The number of hydrogen-bond acceptors (Lipinski definition) is 3. The molecule has 0 bridgehead atoms. The molecule has 1 saturated heterocycles. The minimum absolute atomic E-state index is 0.0393. The van der Waals surface area contributed by atoms with Crippen LogP contribution in [0.1, 0.15) is 35.5 Å². The number of aromatic nitrogens is 1. The zero-order valence-corrected chi connectivity index (χ0v) is 14.7. The number of carbonyl (C=O) groups excluding carboxylic acids is 1. The molecule has 0 radical (unpaired) electrons. The molecule has 2 atom stereocenters. The van der Waals surface area contributed by atoms with Gasteiger partial charge in [0.1, 0.15) is 0 Å². The molecule has 0 aliphatic carbocycles. The van der Waals surface area contributed by atoms with Crippen molar-refractivity contribution in [2.45, 2.75) is 39.9 Å². The predicted octanol–water partition coefficient (Wildman–Crippen LogP) is 3.61. The van der Waals surface area contributed by atoms with Gasteiger partial charge in [0.2, 0.25) is 0 Å². The summed E-state index contributed by atoms with van der Waals surface area (Å²) < 4.78 is 5.71. The Balaban J connectivity index is 1.84. The summed E-state index contributed by atoms with van der Waals surface area (Å²) in [6.45, 7) is 9.22. The molecule has 2 aromatic rings. The fraction of sp³-hybridized carbons (Fsp3) is 0.400. The number of morpholine rings is 1. The first-order valence-electron chi connectivity index (χ1n) is 8.43. The van der Waals surface area contributed by atoms with Crippen molar-refractivity contribution >= 4 is 5.91 Å². The second-order valence-electron chi connectivity index (χ2n) is 6.66. The Morgan fingerprint density at radius 1 is 1.04 bits per heavy atom. The van der Waals surface area contributed by atoms with E-state index in [4.69, 9.17) is 4.74 Å². The molecule has 2 heterocycles. The van der Waals surface area contributed by atoms with Crippen LogP contribution in [0.3, 0.4) is 0 Å². The first-order valence-corrected chi connectivity index (χ1v) is 8.43. The lowest BCUT2D eigenvalue weighted by atomic mass is 10.1. The third-order valence-corrected chi connectivity index (χ3v) is 4.37. The Morgan fingerprint density at radius 2 is 1.67 bits per heavy atom. The molecule has 1 aromatic heterocycles. The number of carbonyl (C=O) groups is 1. The van der Waals surface area contributed by atoms with E-state index in [-0.39, 0.29) is 18.1 Å². The molecule has 4 nitrogen and oxygen atoms in total. The highest BCUT2D eigenvalue weighted by Crippen LogP contribution is 2.21. The van der Waals surface area contributed by atoms with Gasteiger partial charge < -0.3 is 9.64 Å². The van der Waals surface area contributed by atoms with Gasteiger partial charge in [0.25, 0.3) is 5.91 Å². The molecule has 24 heavy (non-hydrogen) atoms. The zero-order chi connectivity index (χ0) is 17.3. The van der Waals surface area contributed by atoms with Crippen LogP contribution in [0.5, 0.6) is 0 Å². The predicted molar refractivity (Wildman–Crippen MR) is 95.1 cm³/mol. The Hall–Kier alpha value is -2.20. The molecule has 4 heteroatoms. The number of aryl methyl sites for hydroxylation is 2. The second kappa shape index (κ2) is 6.73. The average molecular weight is 324 g/mol. The molecule has 1 aliphatic heterocycles. The maximum atomic E-state index is 12.8. The summed E-state index contributed by atoms with van der Waals surface area (Å²) in [5.74, 6) is 0.0393. The number of pyridine rings is 1. The van der Waals surface area contributed by atoms with Crippen molar-refractivity contribution in [1.82, 2.24) is 9.88 Å². The fourth-order valence-corrected chi connectivity index (χ4v) is 3.19. The smallest absolute Gasteiger partial charge is 0.255 e. The van der Waals surface area contributed by atoms with Crippen LogP contribution in [0.15, 0.2) is 36.4 Å². The van der Waals surface area contributed by atoms with Crippen LogP contribution in [0.2, 0.25) is 0 Å². The number of hydrogen-bond donors (Lipinski definition) is 0. The third-order valence-electron chi connectivity index (χ3n) is 4.37. The van der Waals surface area contributed by atoms with Gasteiger partial charge in [-0.05, 0) is 39.8 Å². The summed E-state index contributed by atoms with van der Waals surface area (Å²) >= 11 is 0. The van der Waals surface area contributed by atoms with E-state index in [0.29, 0.717) is 18.7 Å². The van der Waals surface area contributed by atoms with Crippen LogP contribution in [0, 0.1) is 13.8 Å². The monoisotopic (exact) mass is 324 g/mol. The van der Waals surface area contributed by atoms with Crippen molar-refractivity contribution in [2.75, 3.05) is 13.1 Å². The number of rotatable bonds is 2. The Kier molecular flexibility index (Phi) is 4.67. The van der Waals surface area contributed by atoms with Crippen LogP contribution >= 0.6 is 0 Å². The third kappa shape index (κ3) is 3.49. The van der Waals surface area contributed by atoms with Crippen molar-refractivity contribution in [3.05, 3.63) is 53.2 Å². The highest BCUT2D eigenvalue weighted by Gasteiger charge is 2.27. The number of benzene rings is 1. The molecule has 0 saturated carbocycles. The molecule has 1 fully saturated rings. The van der Waals surface area contributed by atoms with Crippen molar-refractivity contribution in [3.63, 3.8) is 0 Å². The standard InChI is InChI=1S/C20H24N2O2/c1-13-5-7-17(8-6-13)19-10-9-18(16(4)21-19)20(23)22-11-14(2)24-15(3)12-22/h5-10,14-15H,11-12H2,1-4H3/t14-,15-/m1/s1. The normalized spacial score (nSPS) is 20.9. The summed E-state index contributed by atoms with van der Waals surface area (Å²) in [4.78, 5) is 19.4. The lowest BCUT2D eigenvalue weighted by Crippen LogP contribution is -2.48. The van der Waals surface area contributed by atoms with E-state index in [2.05, 4.69) is 36.2 Å². The lowest BCUT2D eigenvalue weighted by molar-refractivity contribution is -0.0586. The van der Waals surface area contributed by atoms with Gasteiger partial charge in [-0.3, -0.25) is 9.78 Å². The van der Waals surface area contributed by atoms with Gasteiger partial charge in [-0.25, -0.2) is 0 Å². The Bertz CT molecular complexity index is 730. The van der Waals surface area contributed by atoms with Crippen molar-refractivity contribution < 1.29 is 9.53 Å². The fourth-order valence-electron chi connectivity index (χ4n) is 3.19. The molecule has 3 rings (SSSR count). The van der Waals surface area contributed by atoms with E-state index in [0.717, 1.165) is 17.0 Å². The molecule has 126 valence electrons. The first-order chi connectivity index (χ1) is 11.4. The largest absolute Gasteiger partial charge is 0.372 e. The molecule has 0 N–H and O–H groups in total. The van der Waals surface area contributed by atoms with E-state index in [1.165, 1.54) is 5.56 Å². The Morgan fingerprint density at radius 3 is 2.25 bits per heavy atom. The van der Waals surface area contributed by atoms with E-state index in [1.807, 2.05) is 37.8 Å². The summed E-state index contributed by atoms with van der Waals surface area (Å²) in [7, 11) is 0. The second-order valence-corrected chi connectivity index (χ2v) is 6.66. The van der Waals surface area contributed by atoms with Crippen LogP contribution in [-0.4, -0.2) is 41.1 Å². The molecule has 0 spiro atoms. The van der Waals surface area contributed by atoms with Crippen LogP contribution in [0.25, 0.3) is 11.3 Å². The van der Waals surface area contributed by atoms with Crippen molar-refractivity contribution in [2.24, 2.45) is 0 Å². The number of nitrogens with zero attached hydrogens (tertiary/aromatic N) is 2. The topological polar surface area (TPSA) is 42.4 Å². The molecule has 0 unspecified atom stereocenters. The first kappa shape index (κ1) is 16.7. The maximum Gasteiger partial charge on any atom is 0.255 e. The van der Waals surface area contributed by atoms with Crippen LogP contribution in [0.4, 0.5) is 0 Å². The van der Waals surface area contributed by atoms with Gasteiger partial charge in [-0.15, -0.1) is 0 Å². The van der Waals surface area contributed by atoms with Gasteiger partial charge in [0.15, 0.2) is 0 Å². The zero-order valence-electron chi connectivity index (χ0n) is 14.7. The number of amides is 1. The van der Waals surface area contributed by atoms with Gasteiger partial charge in [-0.2, -0.15) is 0 Å². The van der Waals surface area contributed by atoms with E-state index in [1.54, 1.807) is 0 Å². The summed E-state index contributed by atoms with van der Waals surface area (Å²) in [6, 6.07) is 12.1. The van der Waals surface area contributed by atoms with E-state index in [9.17, 15) is 4.79 Å². The molecule has 1 aliphatic rings. The van der Waals surface area contributed by atoms with E-state index < -0.39 is 0 Å². The summed E-state index contributed by atoms with van der Waals surface area (Å²) in [5, 5.41) is 0. The summed E-state index contributed by atoms with van der Waals surface area (Å²) in [5.41, 5.74) is 4.62. The van der Waals surface area contributed by atoms with Gasteiger partial charge >= 0.3 is 0 Å². The highest BCUT2D eigenvalue weighted by molar-refractivity contribution is 5.95. The average Bonchev–Trinajstić information content (AvgIpc) is 2.54. The number of ether oxygens (including phenoxy) is 1. The molecular weight excluding hydrogens is 300 g/mol. The minimum Gasteiger partial charge on any atom is -0.372 e. The van der Waals surface area contributed by atoms with Crippen LogP contribution in [-0.2, 0) is 4.74 Å². The molecule has 1 amide bonds. The van der Waals surface area contributed by atoms with Crippen molar-refractivity contribution in [3.8, 4) is 11.3 Å². The lowest BCUT2D eigenvalue weighted by Gasteiger charge is -2.35. The van der Waals surface area contributed by atoms with E-state index >= 15 is 0 Å². The quantitative estimate of drug-likeness (QED) is 0.847. The molecule has 1 aromatic carbocycles. The Labute approximate surface area is 143 Å². The minimum atomic E-state index is 0.0393. The maximum absolute atomic E-state index is 12.8. The molecular formula is C20H24N2O2. The van der Waals surface area contributed by atoms with Gasteiger partial charge in [0, 0.05) is 18.7 Å². The SMILES string of the molecule is Cc1ccc(-c2ccc(C(=O)N3C[C@@H](C)O[C@H](C)C3)c(C)n2)cc1. The van der Waals surface area contributed by atoms with Gasteiger partial charge in [-0.1, -0.05) is 29.8 Å². The van der Waals surface area contributed by atoms with Crippen molar-refractivity contribution in [1.29, 1.82) is 0 Å². The summed E-state index contributed by atoms with van der Waals surface area (Å²) in [6.07, 6.45) is 0.135.